The highest BCUT2D eigenvalue weighted by atomic mass is 19.3. The molecule has 1 aromatic rings. The van der Waals surface area contributed by atoms with Gasteiger partial charge < -0.3 is 10.6 Å². The van der Waals surface area contributed by atoms with Crippen molar-refractivity contribution < 1.29 is 13.7 Å². The summed E-state index contributed by atoms with van der Waals surface area (Å²) in [6.07, 6.45) is -0.891. The van der Waals surface area contributed by atoms with Crippen molar-refractivity contribution in [3.05, 3.63) is 33.9 Å². The van der Waals surface area contributed by atoms with Gasteiger partial charge in [0.05, 0.1) is 4.92 Å². The van der Waals surface area contributed by atoms with E-state index in [-0.39, 0.29) is 23.2 Å². The van der Waals surface area contributed by atoms with E-state index in [1.807, 2.05) is 11.8 Å². The van der Waals surface area contributed by atoms with Crippen LogP contribution < -0.4 is 10.6 Å². The molecule has 2 atom stereocenters. The van der Waals surface area contributed by atoms with Crippen LogP contribution in [0.4, 0.5) is 20.2 Å². The molecule has 7 heteroatoms. The summed E-state index contributed by atoms with van der Waals surface area (Å²) in [6, 6.07) is 3.79. The fourth-order valence-electron chi connectivity index (χ4n) is 2.80. The Morgan fingerprint density at radius 3 is 2.76 bits per heavy atom. The Hall–Kier alpha value is -1.76. The molecule has 1 aromatic carbocycles. The third-order valence-electron chi connectivity index (χ3n) is 4.08. The molecule has 0 radical (unpaired) electrons. The molecular weight excluding hydrogens is 280 g/mol. The summed E-state index contributed by atoms with van der Waals surface area (Å²) in [5, 5.41) is 10.8. The fourth-order valence-corrected chi connectivity index (χ4v) is 2.80. The summed E-state index contributed by atoms with van der Waals surface area (Å²) < 4.78 is 26.5. The van der Waals surface area contributed by atoms with Gasteiger partial charge in [-0.05, 0) is 38.3 Å². The number of hydrogen-bond acceptors (Lipinski definition) is 4. The number of nitrogens with zero attached hydrogens (tertiary/aromatic N) is 2. The second-order valence-electron chi connectivity index (χ2n) is 5.48. The number of alkyl halides is 2. The molecule has 0 aromatic heterocycles. The number of piperidine rings is 1. The summed E-state index contributed by atoms with van der Waals surface area (Å²) >= 11 is 0. The van der Waals surface area contributed by atoms with Gasteiger partial charge in [-0.2, -0.15) is 0 Å². The van der Waals surface area contributed by atoms with Gasteiger partial charge in [0.15, 0.2) is 0 Å². The third-order valence-corrected chi connectivity index (χ3v) is 4.08. The lowest BCUT2D eigenvalue weighted by atomic mass is 9.92. The molecule has 1 aliphatic heterocycles. The predicted octanol–water partition coefficient (Wildman–Crippen LogP) is 3.10. The maximum Gasteiger partial charge on any atom is 0.270 e. The number of nitro groups is 1. The van der Waals surface area contributed by atoms with E-state index in [0.717, 1.165) is 18.9 Å². The normalized spacial score (nSPS) is 22.6. The number of nitro benzene ring substituents is 1. The topological polar surface area (TPSA) is 72.4 Å². The number of nitrogens with two attached hydrogens (primary N) is 1. The summed E-state index contributed by atoms with van der Waals surface area (Å²) in [6.45, 7) is 3.10. The standard InChI is InChI=1S/C14H19F2N3O2/c1-9-2-3-10(7-17)8-18(9)13-5-4-11(19(20)21)6-12(13)14(15)16/h4-6,9-10,14H,2-3,7-8,17H2,1H3. The lowest BCUT2D eigenvalue weighted by Gasteiger charge is -2.40. The van der Waals surface area contributed by atoms with E-state index < -0.39 is 11.3 Å². The molecule has 1 fully saturated rings. The minimum atomic E-state index is -2.75. The summed E-state index contributed by atoms with van der Waals surface area (Å²) in [7, 11) is 0. The first-order valence-corrected chi connectivity index (χ1v) is 6.97. The average Bonchev–Trinajstić information content (AvgIpc) is 2.47. The molecule has 0 bridgehead atoms. The molecule has 1 saturated heterocycles. The fraction of sp³-hybridized carbons (Fsp3) is 0.571. The molecule has 0 amide bonds. The van der Waals surface area contributed by atoms with Crippen LogP contribution in [0.5, 0.6) is 0 Å². The lowest BCUT2D eigenvalue weighted by Crippen LogP contribution is -2.44. The van der Waals surface area contributed by atoms with Gasteiger partial charge in [0.2, 0.25) is 0 Å². The zero-order chi connectivity index (χ0) is 15.6. The van der Waals surface area contributed by atoms with Crippen LogP contribution in [0.15, 0.2) is 18.2 Å². The van der Waals surface area contributed by atoms with Crippen LogP contribution in [0.1, 0.15) is 31.8 Å². The summed E-state index contributed by atoms with van der Waals surface area (Å²) in [5.74, 6) is 0.266. The van der Waals surface area contributed by atoms with Gasteiger partial charge in [0.25, 0.3) is 12.1 Å². The molecule has 116 valence electrons. The predicted molar refractivity (Wildman–Crippen MR) is 76.6 cm³/mol. The van der Waals surface area contributed by atoms with Crippen LogP contribution in [0.2, 0.25) is 0 Å². The maximum atomic E-state index is 13.3. The summed E-state index contributed by atoms with van der Waals surface area (Å²) in [4.78, 5) is 12.0. The Bertz CT molecular complexity index is 525. The van der Waals surface area contributed by atoms with Gasteiger partial charge in [-0.3, -0.25) is 10.1 Å². The van der Waals surface area contributed by atoms with Gasteiger partial charge >= 0.3 is 0 Å². The van der Waals surface area contributed by atoms with Crippen LogP contribution in [-0.2, 0) is 0 Å². The highest BCUT2D eigenvalue weighted by Crippen LogP contribution is 2.36. The van der Waals surface area contributed by atoms with Crippen LogP contribution in [0, 0.1) is 16.0 Å². The quantitative estimate of drug-likeness (QED) is 0.685. The van der Waals surface area contributed by atoms with Crippen LogP contribution in [0.25, 0.3) is 0 Å². The smallest absolute Gasteiger partial charge is 0.270 e. The number of rotatable bonds is 4. The number of non-ortho nitro benzene ring substituents is 1. The zero-order valence-electron chi connectivity index (χ0n) is 11.8. The second kappa shape index (κ2) is 6.34. The van der Waals surface area contributed by atoms with E-state index in [1.165, 1.54) is 12.1 Å². The highest BCUT2D eigenvalue weighted by molar-refractivity contribution is 5.59. The molecule has 1 aliphatic rings. The van der Waals surface area contributed by atoms with E-state index in [1.54, 1.807) is 0 Å². The Morgan fingerprint density at radius 1 is 1.48 bits per heavy atom. The molecular formula is C14H19F2N3O2. The van der Waals surface area contributed by atoms with Crippen molar-refractivity contribution in [3.8, 4) is 0 Å². The van der Waals surface area contributed by atoms with Gasteiger partial charge in [-0.1, -0.05) is 0 Å². The molecule has 1 heterocycles. The van der Waals surface area contributed by atoms with Gasteiger partial charge in [-0.25, -0.2) is 8.78 Å². The number of halogens is 2. The third kappa shape index (κ3) is 3.29. The molecule has 5 nitrogen and oxygen atoms in total. The Balaban J connectivity index is 2.39. The lowest BCUT2D eigenvalue weighted by molar-refractivity contribution is -0.385. The highest BCUT2D eigenvalue weighted by Gasteiger charge is 2.29. The van der Waals surface area contributed by atoms with Gasteiger partial charge in [0.1, 0.15) is 0 Å². The molecule has 2 unspecified atom stereocenters. The van der Waals surface area contributed by atoms with E-state index in [0.29, 0.717) is 18.8 Å². The van der Waals surface area contributed by atoms with E-state index in [4.69, 9.17) is 5.73 Å². The maximum absolute atomic E-state index is 13.3. The minimum Gasteiger partial charge on any atom is -0.368 e. The number of hydrogen-bond donors (Lipinski definition) is 1. The second-order valence-corrected chi connectivity index (χ2v) is 5.48. The molecule has 0 spiro atoms. The monoisotopic (exact) mass is 299 g/mol. The largest absolute Gasteiger partial charge is 0.368 e. The Morgan fingerprint density at radius 2 is 2.19 bits per heavy atom. The van der Waals surface area contributed by atoms with Crippen molar-refractivity contribution in [1.82, 2.24) is 0 Å². The molecule has 2 N–H and O–H groups in total. The first-order valence-electron chi connectivity index (χ1n) is 6.97. The number of anilines is 1. The first kappa shape index (κ1) is 15.6. The number of benzene rings is 1. The first-order chi connectivity index (χ1) is 9.93. The Labute approximate surface area is 121 Å². The Kier molecular flexibility index (Phi) is 4.72. The van der Waals surface area contributed by atoms with Crippen molar-refractivity contribution >= 4 is 11.4 Å². The molecule has 0 saturated carbocycles. The van der Waals surface area contributed by atoms with Crippen LogP contribution >= 0.6 is 0 Å². The summed E-state index contributed by atoms with van der Waals surface area (Å²) in [5.41, 5.74) is 5.47. The van der Waals surface area contributed by atoms with Gasteiger partial charge in [-0.15, -0.1) is 0 Å². The zero-order valence-corrected chi connectivity index (χ0v) is 11.8. The van der Waals surface area contributed by atoms with E-state index >= 15 is 0 Å². The minimum absolute atomic E-state index is 0.117. The van der Waals surface area contributed by atoms with Crippen molar-refractivity contribution in [1.29, 1.82) is 0 Å². The van der Waals surface area contributed by atoms with Crippen molar-refractivity contribution in [2.75, 3.05) is 18.0 Å². The molecule has 21 heavy (non-hydrogen) atoms. The van der Waals surface area contributed by atoms with Gasteiger partial charge in [0, 0.05) is 36.0 Å². The van der Waals surface area contributed by atoms with Crippen LogP contribution in [0.3, 0.4) is 0 Å². The SMILES string of the molecule is CC1CCC(CN)CN1c1ccc([N+](=O)[O-])cc1C(F)F. The van der Waals surface area contributed by atoms with E-state index in [2.05, 4.69) is 0 Å². The van der Waals surface area contributed by atoms with Crippen molar-refractivity contribution in [2.45, 2.75) is 32.2 Å². The van der Waals surface area contributed by atoms with Crippen molar-refractivity contribution in [3.63, 3.8) is 0 Å². The molecule has 0 aliphatic carbocycles. The van der Waals surface area contributed by atoms with E-state index in [9.17, 15) is 18.9 Å². The van der Waals surface area contributed by atoms with Crippen LogP contribution in [-0.4, -0.2) is 24.1 Å². The van der Waals surface area contributed by atoms with Crippen molar-refractivity contribution in [2.24, 2.45) is 11.7 Å². The average molecular weight is 299 g/mol. The molecule has 2 rings (SSSR count).